The van der Waals surface area contributed by atoms with Gasteiger partial charge in [-0.25, -0.2) is 0 Å². The third-order valence-electron chi connectivity index (χ3n) is 8.91. The first-order valence-electron chi connectivity index (χ1n) is 14.2. The Bertz CT molecular complexity index is 1360. The van der Waals surface area contributed by atoms with Crippen molar-refractivity contribution in [2.24, 2.45) is 0 Å². The van der Waals surface area contributed by atoms with Crippen LogP contribution in [0.15, 0.2) is 42.5 Å². The number of carbonyl (C=O) groups is 4. The third-order valence-corrected chi connectivity index (χ3v) is 8.91. The molecule has 208 valence electrons. The summed E-state index contributed by atoms with van der Waals surface area (Å²) in [7, 11) is 0. The van der Waals surface area contributed by atoms with E-state index in [0.29, 0.717) is 30.5 Å². The van der Waals surface area contributed by atoms with E-state index < -0.39 is 23.8 Å². The average Bonchev–Trinajstić information content (AvgIpc) is 3.40. The molecule has 3 atom stereocenters. The molecule has 10 nitrogen and oxygen atoms in total. The number of hydrogen-bond donors (Lipinski definition) is 2. The number of hydrogen-bond acceptors (Lipinski definition) is 8. The number of anilines is 1. The zero-order valence-electron chi connectivity index (χ0n) is 22.3. The molecule has 5 heterocycles. The predicted molar refractivity (Wildman–Crippen MR) is 145 cm³/mol. The molecule has 0 radical (unpaired) electrons. The Kier molecular flexibility index (Phi) is 6.41. The Balaban J connectivity index is 0.946. The second-order valence-electron chi connectivity index (χ2n) is 11.6. The van der Waals surface area contributed by atoms with Crippen LogP contribution in [0.5, 0.6) is 0 Å². The first-order chi connectivity index (χ1) is 19.4. The standard InChI is InChI=1S/C30H33N5O5/c36-26-11-10-25(28(37)32-26)35-29(38)23-2-1-3-24(27(23)30(35)39)31-12-18-4-6-19(7-5-18)13-33-14-20(15-33)34-16-21-8-9-22(17-34)40-21/h1-7,20-22,25,31H,8-17H2,(H,32,36,37). The van der Waals surface area contributed by atoms with E-state index in [1.807, 2.05) is 0 Å². The van der Waals surface area contributed by atoms with Crippen molar-refractivity contribution in [3.8, 4) is 0 Å². The Morgan fingerprint density at radius 2 is 1.57 bits per heavy atom. The number of carbonyl (C=O) groups excluding carboxylic acids is 4. The molecule has 4 amide bonds. The molecule has 2 aromatic carbocycles. The molecule has 0 aromatic heterocycles. The molecule has 5 aliphatic heterocycles. The maximum Gasteiger partial charge on any atom is 0.264 e. The number of amides is 4. The Labute approximate surface area is 232 Å². The minimum Gasteiger partial charge on any atom is -0.380 e. The van der Waals surface area contributed by atoms with Crippen LogP contribution in [0.1, 0.15) is 57.5 Å². The fraction of sp³-hybridized carbons (Fsp3) is 0.467. The summed E-state index contributed by atoms with van der Waals surface area (Å²) in [6, 6.07) is 13.2. The first kappa shape index (κ1) is 25.4. The zero-order chi connectivity index (χ0) is 27.4. The SMILES string of the molecule is O=C1CCC(N2C(=O)c3cccc(NCc4ccc(CN5CC(N6CC7CCC(C6)O7)C5)cc4)c3C2=O)C(=O)N1. The van der Waals surface area contributed by atoms with Gasteiger partial charge in [0.1, 0.15) is 6.04 Å². The summed E-state index contributed by atoms with van der Waals surface area (Å²) in [6.07, 6.45) is 3.53. The summed E-state index contributed by atoms with van der Waals surface area (Å²) in [5, 5.41) is 5.54. The number of fused-ring (bicyclic) bond motifs is 3. The second kappa shape index (κ2) is 10.1. The van der Waals surface area contributed by atoms with Crippen LogP contribution < -0.4 is 10.6 Å². The van der Waals surface area contributed by atoms with Crippen LogP contribution in [0, 0.1) is 0 Å². The van der Waals surface area contributed by atoms with Gasteiger partial charge in [0.05, 0.1) is 23.3 Å². The number of benzene rings is 2. The van der Waals surface area contributed by atoms with Gasteiger partial charge in [-0.15, -0.1) is 0 Å². The number of rotatable bonds is 7. The minimum atomic E-state index is -0.976. The first-order valence-corrected chi connectivity index (χ1v) is 14.2. The summed E-state index contributed by atoms with van der Waals surface area (Å²) in [5.74, 6) is -2.01. The van der Waals surface area contributed by atoms with Gasteiger partial charge >= 0.3 is 0 Å². The number of piperidine rings is 1. The van der Waals surface area contributed by atoms with Crippen LogP contribution in [-0.2, 0) is 27.4 Å². The number of ether oxygens (including phenoxy) is 1. The molecule has 10 heteroatoms. The average molecular weight is 544 g/mol. The van der Waals surface area contributed by atoms with E-state index in [9.17, 15) is 19.2 Å². The molecule has 2 aromatic rings. The van der Waals surface area contributed by atoms with Crippen LogP contribution >= 0.6 is 0 Å². The van der Waals surface area contributed by atoms with Crippen molar-refractivity contribution >= 4 is 29.3 Å². The van der Waals surface area contributed by atoms with E-state index in [2.05, 4.69) is 44.7 Å². The molecule has 0 saturated carbocycles. The fourth-order valence-corrected chi connectivity index (χ4v) is 6.73. The molecule has 2 N–H and O–H groups in total. The molecule has 4 saturated heterocycles. The van der Waals surface area contributed by atoms with Crippen LogP contribution in [0.4, 0.5) is 5.69 Å². The molecule has 0 spiro atoms. The lowest BCUT2D eigenvalue weighted by Gasteiger charge is -2.48. The Morgan fingerprint density at radius 3 is 2.30 bits per heavy atom. The summed E-state index contributed by atoms with van der Waals surface area (Å²) >= 11 is 0. The van der Waals surface area contributed by atoms with Crippen molar-refractivity contribution in [2.45, 2.75) is 63.1 Å². The minimum absolute atomic E-state index is 0.0952. The highest BCUT2D eigenvalue weighted by Crippen LogP contribution is 2.33. The van der Waals surface area contributed by atoms with Gasteiger partial charge in [0.2, 0.25) is 11.8 Å². The summed E-state index contributed by atoms with van der Waals surface area (Å²) in [6.45, 7) is 5.78. The van der Waals surface area contributed by atoms with Gasteiger partial charge in [-0.3, -0.25) is 39.2 Å². The number of likely N-dealkylation sites (tertiary alicyclic amines) is 2. The maximum atomic E-state index is 13.3. The Hall–Kier alpha value is -3.60. The smallest absolute Gasteiger partial charge is 0.264 e. The van der Waals surface area contributed by atoms with Crippen LogP contribution in [0.3, 0.4) is 0 Å². The van der Waals surface area contributed by atoms with Crippen molar-refractivity contribution in [3.05, 3.63) is 64.7 Å². The molecular weight excluding hydrogens is 510 g/mol. The lowest BCUT2D eigenvalue weighted by Crippen LogP contribution is -2.62. The highest BCUT2D eigenvalue weighted by Gasteiger charge is 2.45. The van der Waals surface area contributed by atoms with Gasteiger partial charge in [0, 0.05) is 57.4 Å². The molecule has 2 bridgehead atoms. The van der Waals surface area contributed by atoms with E-state index >= 15 is 0 Å². The Morgan fingerprint density at radius 1 is 0.850 bits per heavy atom. The van der Waals surface area contributed by atoms with E-state index in [1.54, 1.807) is 18.2 Å². The van der Waals surface area contributed by atoms with E-state index in [4.69, 9.17) is 4.74 Å². The van der Waals surface area contributed by atoms with Gasteiger partial charge in [-0.1, -0.05) is 30.3 Å². The van der Waals surface area contributed by atoms with Gasteiger partial charge in [0.25, 0.3) is 11.8 Å². The number of imide groups is 2. The normalized spacial score (nSPS) is 27.1. The van der Waals surface area contributed by atoms with Crippen molar-refractivity contribution in [1.29, 1.82) is 0 Å². The van der Waals surface area contributed by atoms with Crippen molar-refractivity contribution in [2.75, 3.05) is 31.5 Å². The molecule has 40 heavy (non-hydrogen) atoms. The molecular formula is C30H33N5O5. The summed E-state index contributed by atoms with van der Waals surface area (Å²) < 4.78 is 5.98. The van der Waals surface area contributed by atoms with Crippen molar-refractivity contribution < 1.29 is 23.9 Å². The molecule has 0 aliphatic carbocycles. The zero-order valence-corrected chi connectivity index (χ0v) is 22.3. The number of nitrogens with one attached hydrogen (secondary N) is 2. The highest BCUT2D eigenvalue weighted by atomic mass is 16.5. The van der Waals surface area contributed by atoms with Crippen LogP contribution in [-0.4, -0.2) is 88.8 Å². The van der Waals surface area contributed by atoms with Gasteiger partial charge < -0.3 is 10.1 Å². The number of nitrogens with zero attached hydrogens (tertiary/aromatic N) is 3. The second-order valence-corrected chi connectivity index (χ2v) is 11.6. The van der Waals surface area contributed by atoms with Gasteiger partial charge in [-0.2, -0.15) is 0 Å². The summed E-state index contributed by atoms with van der Waals surface area (Å²) in [5.41, 5.74) is 3.43. The van der Waals surface area contributed by atoms with E-state index in [1.165, 1.54) is 18.4 Å². The summed E-state index contributed by atoms with van der Waals surface area (Å²) in [4.78, 5) is 56.4. The highest BCUT2D eigenvalue weighted by molar-refractivity contribution is 6.25. The fourth-order valence-electron chi connectivity index (χ4n) is 6.73. The molecule has 7 rings (SSSR count). The third kappa shape index (κ3) is 4.59. The topological polar surface area (TPSA) is 111 Å². The van der Waals surface area contributed by atoms with Crippen molar-refractivity contribution in [3.63, 3.8) is 0 Å². The molecule has 5 aliphatic rings. The van der Waals surface area contributed by atoms with E-state index in [0.717, 1.165) is 43.2 Å². The quantitative estimate of drug-likeness (QED) is 0.509. The molecule has 3 unspecified atom stereocenters. The lowest BCUT2D eigenvalue weighted by atomic mass is 10.0. The monoisotopic (exact) mass is 543 g/mol. The lowest BCUT2D eigenvalue weighted by molar-refractivity contribution is -0.136. The van der Waals surface area contributed by atoms with E-state index in [-0.39, 0.29) is 29.9 Å². The predicted octanol–water partition coefficient (Wildman–Crippen LogP) is 1.75. The van der Waals surface area contributed by atoms with Gasteiger partial charge in [-0.05, 0) is 42.5 Å². The van der Waals surface area contributed by atoms with Gasteiger partial charge in [0.15, 0.2) is 0 Å². The maximum absolute atomic E-state index is 13.3. The largest absolute Gasteiger partial charge is 0.380 e. The van der Waals surface area contributed by atoms with Crippen molar-refractivity contribution in [1.82, 2.24) is 20.0 Å². The van der Waals surface area contributed by atoms with Crippen LogP contribution in [0.25, 0.3) is 0 Å². The van der Waals surface area contributed by atoms with Crippen LogP contribution in [0.2, 0.25) is 0 Å². The number of morpholine rings is 1. The molecule has 4 fully saturated rings.